The molecule has 0 fully saturated rings. The van der Waals surface area contributed by atoms with Crippen LogP contribution in [0.5, 0.6) is 0 Å². The molecule has 2 aromatic heterocycles. The Kier molecular flexibility index (Phi) is 6.57. The van der Waals surface area contributed by atoms with Gasteiger partial charge in [-0.25, -0.2) is 9.97 Å². The van der Waals surface area contributed by atoms with Crippen LogP contribution in [0, 0.1) is 0 Å². The molecule has 0 aliphatic rings. The van der Waals surface area contributed by atoms with Crippen molar-refractivity contribution in [3.63, 3.8) is 0 Å². The van der Waals surface area contributed by atoms with E-state index in [1.807, 2.05) is 23.5 Å². The van der Waals surface area contributed by atoms with E-state index in [2.05, 4.69) is 97.1 Å². The van der Waals surface area contributed by atoms with E-state index < -0.39 is 0 Å². The predicted molar refractivity (Wildman–Crippen MR) is 154 cm³/mol. The van der Waals surface area contributed by atoms with Crippen molar-refractivity contribution in [1.82, 2.24) is 9.97 Å². The summed E-state index contributed by atoms with van der Waals surface area (Å²) in [5, 5.41) is 5.07. The smallest absolute Gasteiger partial charge is 0.0721 e. The SMILES string of the molecule is c1ccc2c(SCCCCCSc3c4ccccc4nc4ccccc34)c3ccccc3nc2c1. The van der Waals surface area contributed by atoms with Crippen LogP contribution in [0.15, 0.2) is 107 Å². The molecule has 0 radical (unpaired) electrons. The van der Waals surface area contributed by atoms with Gasteiger partial charge in [-0.2, -0.15) is 0 Å². The average molecular weight is 491 g/mol. The fourth-order valence-electron chi connectivity index (χ4n) is 4.64. The van der Waals surface area contributed by atoms with Crippen LogP contribution >= 0.6 is 23.5 Å². The van der Waals surface area contributed by atoms with E-state index in [-0.39, 0.29) is 0 Å². The van der Waals surface area contributed by atoms with Crippen molar-refractivity contribution < 1.29 is 0 Å². The first-order valence-electron chi connectivity index (χ1n) is 12.2. The first-order valence-corrected chi connectivity index (χ1v) is 14.2. The highest BCUT2D eigenvalue weighted by Gasteiger charge is 2.10. The minimum absolute atomic E-state index is 1.09. The lowest BCUT2D eigenvalue weighted by atomic mass is 10.1. The summed E-state index contributed by atoms with van der Waals surface area (Å²) in [4.78, 5) is 12.5. The summed E-state index contributed by atoms with van der Waals surface area (Å²) >= 11 is 3.96. The number of para-hydroxylation sites is 4. The normalized spacial score (nSPS) is 11.7. The highest BCUT2D eigenvalue weighted by atomic mass is 32.2. The number of fused-ring (bicyclic) bond motifs is 4. The molecule has 0 amide bonds. The maximum atomic E-state index is 4.86. The molecule has 35 heavy (non-hydrogen) atoms. The summed E-state index contributed by atoms with van der Waals surface area (Å²) in [5.74, 6) is 2.26. The van der Waals surface area contributed by atoms with Crippen LogP contribution in [0.2, 0.25) is 0 Å². The quantitative estimate of drug-likeness (QED) is 0.121. The van der Waals surface area contributed by atoms with Crippen molar-refractivity contribution in [1.29, 1.82) is 0 Å². The molecule has 0 aliphatic heterocycles. The van der Waals surface area contributed by atoms with Crippen LogP contribution < -0.4 is 0 Å². The topological polar surface area (TPSA) is 25.8 Å². The molecular formula is C31H26N2S2. The first-order chi connectivity index (χ1) is 17.4. The summed E-state index contributed by atoms with van der Waals surface area (Å²) in [6, 6.07) is 34.1. The van der Waals surface area contributed by atoms with Gasteiger partial charge in [-0.3, -0.25) is 0 Å². The summed E-state index contributed by atoms with van der Waals surface area (Å²) < 4.78 is 0. The lowest BCUT2D eigenvalue weighted by molar-refractivity contribution is 0.786. The molecule has 0 atom stereocenters. The van der Waals surface area contributed by atoms with Crippen molar-refractivity contribution >= 4 is 67.1 Å². The average Bonchev–Trinajstić information content (AvgIpc) is 2.91. The second-order valence-electron chi connectivity index (χ2n) is 8.71. The molecule has 4 aromatic carbocycles. The Morgan fingerprint density at radius 1 is 0.400 bits per heavy atom. The van der Waals surface area contributed by atoms with E-state index in [0.717, 1.165) is 33.6 Å². The number of unbranched alkanes of at least 4 members (excludes halogenated alkanes) is 2. The molecule has 6 aromatic rings. The molecule has 0 aliphatic carbocycles. The molecule has 0 N–H and O–H groups in total. The monoisotopic (exact) mass is 490 g/mol. The minimum atomic E-state index is 1.09. The summed E-state index contributed by atoms with van der Waals surface area (Å²) in [5.41, 5.74) is 4.34. The zero-order valence-corrected chi connectivity index (χ0v) is 21.1. The predicted octanol–water partition coefficient (Wildman–Crippen LogP) is 9.14. The maximum Gasteiger partial charge on any atom is 0.0721 e. The second kappa shape index (κ2) is 10.3. The van der Waals surface area contributed by atoms with Crippen LogP contribution in [0.4, 0.5) is 0 Å². The zero-order chi connectivity index (χ0) is 23.5. The summed E-state index contributed by atoms with van der Waals surface area (Å²) in [6.45, 7) is 0. The molecule has 2 nitrogen and oxygen atoms in total. The number of hydrogen-bond acceptors (Lipinski definition) is 4. The van der Waals surface area contributed by atoms with Gasteiger partial charge in [0.1, 0.15) is 0 Å². The number of benzene rings is 4. The summed E-state index contributed by atoms with van der Waals surface area (Å²) in [6.07, 6.45) is 3.67. The molecule has 0 saturated carbocycles. The highest BCUT2D eigenvalue weighted by Crippen LogP contribution is 2.36. The van der Waals surface area contributed by atoms with Gasteiger partial charge in [0.05, 0.1) is 22.1 Å². The number of nitrogens with zero attached hydrogens (tertiary/aromatic N) is 2. The highest BCUT2D eigenvalue weighted by molar-refractivity contribution is 8.00. The van der Waals surface area contributed by atoms with Crippen molar-refractivity contribution in [3.05, 3.63) is 97.1 Å². The van der Waals surface area contributed by atoms with Gasteiger partial charge in [0.2, 0.25) is 0 Å². The van der Waals surface area contributed by atoms with E-state index in [0.29, 0.717) is 0 Å². The lowest BCUT2D eigenvalue weighted by Crippen LogP contribution is -1.90. The Morgan fingerprint density at radius 2 is 0.714 bits per heavy atom. The molecule has 0 bridgehead atoms. The van der Waals surface area contributed by atoms with E-state index in [9.17, 15) is 0 Å². The molecule has 2 heterocycles. The third-order valence-corrected chi connectivity index (χ3v) is 8.80. The van der Waals surface area contributed by atoms with Crippen LogP contribution in [-0.2, 0) is 0 Å². The molecule has 0 unspecified atom stereocenters. The van der Waals surface area contributed by atoms with Crippen LogP contribution in [0.25, 0.3) is 43.6 Å². The van der Waals surface area contributed by atoms with Gasteiger partial charge in [-0.1, -0.05) is 79.2 Å². The Bertz CT molecular complexity index is 1410. The van der Waals surface area contributed by atoms with Crippen LogP contribution in [0.1, 0.15) is 19.3 Å². The van der Waals surface area contributed by atoms with Crippen molar-refractivity contribution in [2.24, 2.45) is 0 Å². The first kappa shape index (κ1) is 22.4. The number of rotatable bonds is 8. The Morgan fingerprint density at radius 3 is 1.06 bits per heavy atom. The van der Waals surface area contributed by atoms with Gasteiger partial charge in [0.25, 0.3) is 0 Å². The van der Waals surface area contributed by atoms with Crippen molar-refractivity contribution in [2.45, 2.75) is 29.1 Å². The van der Waals surface area contributed by atoms with Crippen molar-refractivity contribution in [3.8, 4) is 0 Å². The summed E-state index contributed by atoms with van der Waals surface area (Å²) in [7, 11) is 0. The molecule has 4 heteroatoms. The Labute approximate surface area is 214 Å². The van der Waals surface area contributed by atoms with Gasteiger partial charge in [-0.15, -0.1) is 23.5 Å². The Hall–Kier alpha value is -3.08. The van der Waals surface area contributed by atoms with E-state index in [4.69, 9.17) is 9.97 Å². The fourth-order valence-corrected chi connectivity index (χ4v) is 7.06. The van der Waals surface area contributed by atoms with Gasteiger partial charge < -0.3 is 0 Å². The molecule has 0 spiro atoms. The molecule has 0 saturated heterocycles. The van der Waals surface area contributed by atoms with Gasteiger partial charge in [0.15, 0.2) is 0 Å². The maximum absolute atomic E-state index is 4.86. The van der Waals surface area contributed by atoms with Crippen LogP contribution in [0.3, 0.4) is 0 Å². The van der Waals surface area contributed by atoms with Crippen LogP contribution in [-0.4, -0.2) is 21.5 Å². The molecular weight excluding hydrogens is 464 g/mol. The van der Waals surface area contributed by atoms with Gasteiger partial charge in [0, 0.05) is 31.3 Å². The molecule has 6 rings (SSSR count). The number of pyridine rings is 2. The zero-order valence-electron chi connectivity index (χ0n) is 19.5. The molecule has 172 valence electrons. The number of aromatic nitrogens is 2. The third-order valence-electron chi connectivity index (χ3n) is 6.36. The third kappa shape index (κ3) is 4.61. The lowest BCUT2D eigenvalue weighted by Gasteiger charge is -2.11. The number of thioether (sulfide) groups is 2. The van der Waals surface area contributed by atoms with E-state index >= 15 is 0 Å². The van der Waals surface area contributed by atoms with Crippen molar-refractivity contribution in [2.75, 3.05) is 11.5 Å². The van der Waals surface area contributed by atoms with E-state index in [1.165, 1.54) is 50.6 Å². The minimum Gasteiger partial charge on any atom is -0.248 e. The van der Waals surface area contributed by atoms with Gasteiger partial charge in [-0.05, 0) is 48.6 Å². The second-order valence-corrected chi connectivity index (χ2v) is 10.9. The van der Waals surface area contributed by atoms with E-state index in [1.54, 1.807) is 0 Å². The standard InChI is InChI=1S/C31H26N2S2/c1(10-20-34-30-22-12-2-6-16-26(22)32-27-17-7-3-13-23(27)30)11-21-35-31-24-14-4-8-18-28(24)33-29-19-9-5-15-25(29)31/h2-9,12-19H,1,10-11,20-21H2. The number of hydrogen-bond donors (Lipinski definition) is 0. The van der Waals surface area contributed by atoms with Gasteiger partial charge >= 0.3 is 0 Å². The fraction of sp³-hybridized carbons (Fsp3) is 0.161. The Balaban J connectivity index is 1.10. The largest absolute Gasteiger partial charge is 0.248 e.